The summed E-state index contributed by atoms with van der Waals surface area (Å²) >= 11 is 0. The molecular weight excluding hydrogens is 240 g/mol. The molecule has 108 valence electrons. The minimum absolute atomic E-state index is 0.0329. The molecule has 0 aliphatic rings. The van der Waals surface area contributed by atoms with E-state index < -0.39 is 0 Å². The van der Waals surface area contributed by atoms with Crippen LogP contribution in [0.1, 0.15) is 19.8 Å². The molecule has 0 aromatic rings. The topological polar surface area (TPSA) is 74.2 Å². The predicted octanol–water partition coefficient (Wildman–Crippen LogP) is 0.372. The molecule has 0 heterocycles. The van der Waals surface area contributed by atoms with Crippen LogP contribution in [-0.4, -0.2) is 63.9 Å². The van der Waals surface area contributed by atoms with E-state index in [2.05, 4.69) is 0 Å². The largest absolute Gasteiger partial charge is 0.464 e. The van der Waals surface area contributed by atoms with Crippen LogP contribution in [0.5, 0.6) is 0 Å². The van der Waals surface area contributed by atoms with E-state index in [9.17, 15) is 4.79 Å². The van der Waals surface area contributed by atoms with Crippen molar-refractivity contribution in [2.75, 3.05) is 52.9 Å². The van der Waals surface area contributed by atoms with Crippen molar-refractivity contribution in [3.63, 3.8) is 0 Å². The van der Waals surface area contributed by atoms with E-state index in [0.717, 1.165) is 12.8 Å². The van der Waals surface area contributed by atoms with Crippen LogP contribution in [0.25, 0.3) is 0 Å². The highest BCUT2D eigenvalue weighted by atomic mass is 16.6. The molecule has 1 N–H and O–H groups in total. The van der Waals surface area contributed by atoms with Gasteiger partial charge in [-0.15, -0.1) is 0 Å². The van der Waals surface area contributed by atoms with Gasteiger partial charge in [-0.1, -0.05) is 0 Å². The third kappa shape index (κ3) is 13.4. The van der Waals surface area contributed by atoms with Gasteiger partial charge in [0.1, 0.15) is 6.61 Å². The van der Waals surface area contributed by atoms with Crippen molar-refractivity contribution in [2.45, 2.75) is 19.8 Å². The molecule has 0 unspecified atom stereocenters. The van der Waals surface area contributed by atoms with E-state index in [4.69, 9.17) is 24.1 Å². The van der Waals surface area contributed by atoms with E-state index in [-0.39, 0.29) is 19.2 Å². The van der Waals surface area contributed by atoms with Crippen LogP contribution in [0.15, 0.2) is 0 Å². The van der Waals surface area contributed by atoms with Crippen LogP contribution in [0.2, 0.25) is 0 Å². The molecule has 0 radical (unpaired) electrons. The van der Waals surface area contributed by atoms with Crippen molar-refractivity contribution in [1.82, 2.24) is 0 Å². The Morgan fingerprint density at radius 3 is 2.17 bits per heavy atom. The fraction of sp³-hybridized carbons (Fsp3) is 0.917. The molecule has 0 bridgehead atoms. The summed E-state index contributed by atoms with van der Waals surface area (Å²) in [5.41, 5.74) is 0. The van der Waals surface area contributed by atoms with Gasteiger partial charge in [0.25, 0.3) is 0 Å². The van der Waals surface area contributed by atoms with Crippen molar-refractivity contribution in [3.8, 4) is 0 Å². The quantitative estimate of drug-likeness (QED) is 0.383. The minimum Gasteiger partial charge on any atom is -0.464 e. The molecule has 0 aromatic heterocycles. The van der Waals surface area contributed by atoms with Crippen LogP contribution in [0, 0.1) is 0 Å². The number of carbonyl (C=O) groups excluding carboxylic acids is 1. The summed E-state index contributed by atoms with van der Waals surface area (Å²) in [6, 6.07) is 0. The Morgan fingerprint density at radius 2 is 1.56 bits per heavy atom. The lowest BCUT2D eigenvalue weighted by atomic mass is 10.3. The van der Waals surface area contributed by atoms with Crippen LogP contribution in [0.3, 0.4) is 0 Å². The third-order valence-corrected chi connectivity index (χ3v) is 1.97. The zero-order chi connectivity index (χ0) is 13.5. The summed E-state index contributed by atoms with van der Waals surface area (Å²) in [5, 5.41) is 8.54. The lowest BCUT2D eigenvalue weighted by Gasteiger charge is -2.06. The summed E-state index contributed by atoms with van der Waals surface area (Å²) in [7, 11) is 0. The molecule has 0 rings (SSSR count). The van der Waals surface area contributed by atoms with Gasteiger partial charge in [0.05, 0.1) is 33.0 Å². The number of rotatable bonds is 13. The number of unbranched alkanes of at least 4 members (excludes halogenated alkanes) is 1. The summed E-state index contributed by atoms with van der Waals surface area (Å²) in [6.07, 6.45) is 1.63. The first kappa shape index (κ1) is 17.3. The van der Waals surface area contributed by atoms with Crippen molar-refractivity contribution in [2.24, 2.45) is 0 Å². The average Bonchev–Trinajstić information content (AvgIpc) is 2.36. The smallest absolute Gasteiger partial charge is 0.332 e. The Bertz CT molecular complexity index is 185. The van der Waals surface area contributed by atoms with E-state index in [1.54, 1.807) is 6.92 Å². The first-order valence-electron chi connectivity index (χ1n) is 6.31. The molecule has 0 aliphatic heterocycles. The van der Waals surface area contributed by atoms with Crippen LogP contribution < -0.4 is 0 Å². The summed E-state index contributed by atoms with van der Waals surface area (Å²) < 4.78 is 20.2. The Morgan fingerprint density at radius 1 is 0.944 bits per heavy atom. The number of aliphatic hydroxyl groups excluding tert-OH is 1. The standard InChI is InChI=1S/C12H24O6/c1-2-18-12(14)11-17-10-9-16-8-7-15-6-4-3-5-13/h13H,2-11H2,1H3. The average molecular weight is 264 g/mol. The Hall–Kier alpha value is -0.690. The SMILES string of the molecule is CCOC(=O)COCCOCCOCCCCO. The number of carbonyl (C=O) groups is 1. The van der Waals surface area contributed by atoms with Gasteiger partial charge >= 0.3 is 5.97 Å². The van der Waals surface area contributed by atoms with Crippen molar-refractivity contribution < 1.29 is 28.8 Å². The van der Waals surface area contributed by atoms with Gasteiger partial charge < -0.3 is 24.1 Å². The number of esters is 1. The number of hydrogen-bond donors (Lipinski definition) is 1. The van der Waals surface area contributed by atoms with Gasteiger partial charge in [-0.05, 0) is 19.8 Å². The third-order valence-electron chi connectivity index (χ3n) is 1.97. The molecule has 0 saturated carbocycles. The lowest BCUT2D eigenvalue weighted by Crippen LogP contribution is -2.15. The number of aliphatic hydroxyl groups is 1. The molecule has 0 aromatic carbocycles. The minimum atomic E-state index is -0.357. The Labute approximate surface area is 108 Å². The van der Waals surface area contributed by atoms with Crippen molar-refractivity contribution in [1.29, 1.82) is 0 Å². The first-order valence-corrected chi connectivity index (χ1v) is 6.31. The van der Waals surface area contributed by atoms with E-state index in [1.807, 2.05) is 0 Å². The predicted molar refractivity (Wildman–Crippen MR) is 65.4 cm³/mol. The second-order valence-corrected chi connectivity index (χ2v) is 3.51. The maximum Gasteiger partial charge on any atom is 0.332 e. The highest BCUT2D eigenvalue weighted by Gasteiger charge is 2.00. The molecule has 6 heteroatoms. The van der Waals surface area contributed by atoms with Crippen LogP contribution in [0.4, 0.5) is 0 Å². The second-order valence-electron chi connectivity index (χ2n) is 3.51. The van der Waals surface area contributed by atoms with Crippen LogP contribution >= 0.6 is 0 Å². The molecule has 18 heavy (non-hydrogen) atoms. The Kier molecular flexibility index (Phi) is 13.8. The molecular formula is C12H24O6. The fourth-order valence-corrected chi connectivity index (χ4v) is 1.11. The maximum absolute atomic E-state index is 10.9. The zero-order valence-electron chi connectivity index (χ0n) is 11.1. The molecule has 0 saturated heterocycles. The van der Waals surface area contributed by atoms with Gasteiger partial charge in [0, 0.05) is 13.2 Å². The molecule has 0 spiro atoms. The van der Waals surface area contributed by atoms with E-state index in [1.165, 1.54) is 0 Å². The van der Waals surface area contributed by atoms with Crippen molar-refractivity contribution in [3.05, 3.63) is 0 Å². The number of hydrogen-bond acceptors (Lipinski definition) is 6. The van der Waals surface area contributed by atoms with E-state index in [0.29, 0.717) is 39.6 Å². The number of ether oxygens (including phenoxy) is 4. The first-order chi connectivity index (χ1) is 8.81. The van der Waals surface area contributed by atoms with E-state index >= 15 is 0 Å². The molecule has 0 atom stereocenters. The van der Waals surface area contributed by atoms with Gasteiger partial charge in [-0.3, -0.25) is 0 Å². The molecule has 0 aliphatic carbocycles. The van der Waals surface area contributed by atoms with Gasteiger partial charge in [-0.25, -0.2) is 4.79 Å². The van der Waals surface area contributed by atoms with Gasteiger partial charge in [-0.2, -0.15) is 0 Å². The fourth-order valence-electron chi connectivity index (χ4n) is 1.11. The lowest BCUT2D eigenvalue weighted by molar-refractivity contribution is -0.148. The summed E-state index contributed by atoms with van der Waals surface area (Å²) in [5.74, 6) is -0.357. The summed E-state index contributed by atoms with van der Waals surface area (Å²) in [4.78, 5) is 10.9. The van der Waals surface area contributed by atoms with Crippen molar-refractivity contribution >= 4 is 5.97 Å². The maximum atomic E-state index is 10.9. The molecule has 0 amide bonds. The molecule has 0 fully saturated rings. The second kappa shape index (κ2) is 14.4. The summed E-state index contributed by atoms with van der Waals surface area (Å²) in [6.45, 7) is 4.76. The Balaban J connectivity index is 3.01. The van der Waals surface area contributed by atoms with Gasteiger partial charge in [0.15, 0.2) is 0 Å². The molecule has 6 nitrogen and oxygen atoms in total. The van der Waals surface area contributed by atoms with Crippen LogP contribution in [-0.2, 0) is 23.7 Å². The van der Waals surface area contributed by atoms with Gasteiger partial charge in [0.2, 0.25) is 0 Å². The monoisotopic (exact) mass is 264 g/mol. The highest BCUT2D eigenvalue weighted by molar-refractivity contribution is 5.70. The normalized spacial score (nSPS) is 10.6. The zero-order valence-corrected chi connectivity index (χ0v) is 11.1. The highest BCUT2D eigenvalue weighted by Crippen LogP contribution is 1.89.